The van der Waals surface area contributed by atoms with Gasteiger partial charge >= 0.3 is 0 Å². The van der Waals surface area contributed by atoms with Crippen LogP contribution in [-0.2, 0) is 28.8 Å². The molecule has 4 aliphatic rings. The van der Waals surface area contributed by atoms with Crippen LogP contribution in [0.5, 0.6) is 5.75 Å². The van der Waals surface area contributed by atoms with Gasteiger partial charge in [-0.15, -0.1) is 5.06 Å². The normalized spacial score (nSPS) is 34.1. The molecule has 10 N–H and O–H groups in total. The van der Waals surface area contributed by atoms with Gasteiger partial charge in [-0.25, -0.2) is 0 Å². The van der Waals surface area contributed by atoms with Gasteiger partial charge in [-0.3, -0.25) is 28.9 Å². The van der Waals surface area contributed by atoms with Gasteiger partial charge < -0.3 is 51.5 Å². The summed E-state index contributed by atoms with van der Waals surface area (Å²) in [6.45, 7) is 0.844. The number of amides is 2. The van der Waals surface area contributed by atoms with Gasteiger partial charge in [-0.2, -0.15) is 0 Å². The van der Waals surface area contributed by atoms with E-state index in [1.165, 1.54) is 38.2 Å². The zero-order valence-corrected chi connectivity index (χ0v) is 25.2. The van der Waals surface area contributed by atoms with Crippen molar-refractivity contribution >= 4 is 34.8 Å². The molecule has 1 saturated carbocycles. The highest BCUT2D eigenvalue weighted by Gasteiger charge is 2.68. The van der Waals surface area contributed by atoms with Gasteiger partial charge in [0, 0.05) is 11.5 Å². The molecule has 46 heavy (non-hydrogen) atoms. The third kappa shape index (κ3) is 4.70. The molecule has 1 saturated heterocycles. The van der Waals surface area contributed by atoms with Crippen LogP contribution in [0.3, 0.4) is 0 Å². The van der Waals surface area contributed by atoms with Crippen molar-refractivity contribution in [3.63, 3.8) is 0 Å². The van der Waals surface area contributed by atoms with E-state index in [0.717, 1.165) is 5.06 Å². The molecule has 1 aromatic carbocycles. The topological polar surface area (TPSA) is 273 Å². The molecule has 1 aliphatic heterocycles. The smallest absolute Gasteiger partial charge is 0.255 e. The maximum atomic E-state index is 14.1. The lowest BCUT2D eigenvalue weighted by molar-refractivity contribution is -0.239. The number of aromatic hydroxyl groups is 1. The number of rotatable bonds is 7. The first-order chi connectivity index (χ1) is 21.5. The molecular weight excluding hydrogens is 612 g/mol. The number of ketones is 2. The Morgan fingerprint density at radius 1 is 1.13 bits per heavy atom. The number of nitrogens with zero attached hydrogens (tertiary/aromatic N) is 2. The predicted molar refractivity (Wildman–Crippen MR) is 154 cm³/mol. The second-order valence-electron chi connectivity index (χ2n) is 12.1. The summed E-state index contributed by atoms with van der Waals surface area (Å²) < 4.78 is 5.26. The van der Waals surface area contributed by atoms with Gasteiger partial charge in [0.2, 0.25) is 11.7 Å². The molecule has 0 radical (unpaired) electrons. The van der Waals surface area contributed by atoms with E-state index in [-0.39, 0.29) is 23.4 Å². The second-order valence-corrected chi connectivity index (χ2v) is 12.1. The summed E-state index contributed by atoms with van der Waals surface area (Å²) in [5.74, 6) is -11.2. The number of likely N-dealkylation sites (N-methyl/N-ethyl adjacent to an activating group) is 1. The van der Waals surface area contributed by atoms with Crippen molar-refractivity contribution in [2.45, 2.75) is 49.0 Å². The van der Waals surface area contributed by atoms with E-state index >= 15 is 0 Å². The summed E-state index contributed by atoms with van der Waals surface area (Å²) in [5, 5.41) is 80.4. The van der Waals surface area contributed by atoms with E-state index in [1.54, 1.807) is 6.92 Å². The highest BCUT2D eigenvalue weighted by Crippen LogP contribution is 2.56. The Balaban J connectivity index is 1.56. The number of aliphatic hydroxyl groups is 6. The minimum atomic E-state index is -3.06. The number of carbonyl (C=O) groups excluding carboxylic acids is 4. The van der Waals surface area contributed by atoms with Crippen molar-refractivity contribution in [2.75, 3.05) is 39.7 Å². The lowest BCUT2D eigenvalue weighted by Crippen LogP contribution is -2.70. The van der Waals surface area contributed by atoms with Crippen molar-refractivity contribution in [1.29, 1.82) is 0 Å². The fraction of sp³-hybridized carbons (Fsp3) is 0.517. The maximum absolute atomic E-state index is 14.1. The number of fused-ring (bicyclic) bond motifs is 3. The number of anilines is 1. The monoisotopic (exact) mass is 648 g/mol. The Bertz CT molecular complexity index is 1570. The van der Waals surface area contributed by atoms with Crippen LogP contribution in [0.1, 0.15) is 24.0 Å². The summed E-state index contributed by atoms with van der Waals surface area (Å²) in [6.07, 6.45) is -5.49. The minimum absolute atomic E-state index is 0.196. The second kappa shape index (κ2) is 11.7. The Morgan fingerprint density at radius 3 is 2.33 bits per heavy atom. The van der Waals surface area contributed by atoms with E-state index in [2.05, 4.69) is 5.32 Å². The Hall–Kier alpha value is -3.94. The number of hydroxylamine groups is 2. The molecule has 0 spiro atoms. The third-order valence-electron chi connectivity index (χ3n) is 9.35. The molecule has 17 nitrogen and oxygen atoms in total. The number of nitrogens with one attached hydrogen (secondary N) is 1. The minimum Gasteiger partial charge on any atom is -0.508 e. The maximum Gasteiger partial charge on any atom is 0.255 e. The van der Waals surface area contributed by atoms with Crippen molar-refractivity contribution in [2.24, 2.45) is 17.6 Å². The zero-order valence-electron chi connectivity index (χ0n) is 25.2. The number of carbonyl (C=O) groups is 4. The molecule has 3 aliphatic carbocycles. The van der Waals surface area contributed by atoms with E-state index in [4.69, 9.17) is 15.3 Å². The lowest BCUT2D eigenvalue weighted by atomic mass is 9.54. The number of ether oxygens (including phenoxy) is 1. The number of benzene rings is 1. The van der Waals surface area contributed by atoms with Gasteiger partial charge in [0.05, 0.1) is 43.0 Å². The van der Waals surface area contributed by atoms with Crippen LogP contribution >= 0.6 is 0 Å². The largest absolute Gasteiger partial charge is 0.508 e. The van der Waals surface area contributed by atoms with E-state index < -0.39 is 112 Å². The number of Topliss-reactive ketones (excluding diaryl/α,β-unsaturated/α-hetero) is 2. The molecule has 17 heteroatoms. The Kier molecular flexibility index (Phi) is 8.50. The number of hydrogen-bond donors (Lipinski definition) is 9. The van der Waals surface area contributed by atoms with Gasteiger partial charge in [-0.05, 0) is 31.6 Å². The molecule has 9 atom stereocenters. The molecule has 250 valence electrons. The lowest BCUT2D eigenvalue weighted by Gasteiger charge is -2.53. The number of phenolic OH excluding ortho intramolecular Hbond substituents is 1. The summed E-state index contributed by atoms with van der Waals surface area (Å²) in [6, 6.07) is 1.28. The van der Waals surface area contributed by atoms with Crippen molar-refractivity contribution in [3.8, 4) is 5.75 Å². The molecule has 2 fully saturated rings. The average Bonchev–Trinajstić information content (AvgIpc) is 3.31. The molecule has 2 amide bonds. The summed E-state index contributed by atoms with van der Waals surface area (Å²) >= 11 is 0. The van der Waals surface area contributed by atoms with Gasteiger partial charge in [0.25, 0.3) is 5.91 Å². The molecule has 0 unspecified atom stereocenters. The van der Waals surface area contributed by atoms with Crippen LogP contribution in [0.25, 0.3) is 5.76 Å². The number of hydrogen-bond acceptors (Lipinski definition) is 15. The average molecular weight is 649 g/mol. The van der Waals surface area contributed by atoms with E-state index in [1.807, 2.05) is 0 Å². The van der Waals surface area contributed by atoms with Crippen molar-refractivity contribution in [3.05, 3.63) is 40.2 Å². The van der Waals surface area contributed by atoms with Crippen LogP contribution < -0.4 is 11.1 Å². The first kappa shape index (κ1) is 33.4. The number of primary amides is 1. The predicted octanol–water partition coefficient (Wildman–Crippen LogP) is -2.62. The van der Waals surface area contributed by atoms with Crippen LogP contribution in [0.15, 0.2) is 29.0 Å². The molecular formula is C29H36N4O13. The Morgan fingerprint density at radius 2 is 1.78 bits per heavy atom. The SMILES string of the molecule is CON(CC(=O)Nc1ccc2c(c1O)C(O)=C1C(=O)[C@]3(O)C(O)=C(C(N)=O)C(=O)[C@@H](N(C)C)[C@@H]3[C@@H](O)[C@@H]1[C@H]2C)[C@@H]1OC[C@@H](O)[C@H]1O. The molecule has 0 aromatic heterocycles. The van der Waals surface area contributed by atoms with Crippen molar-refractivity contribution in [1.82, 2.24) is 9.96 Å². The van der Waals surface area contributed by atoms with E-state index in [0.29, 0.717) is 0 Å². The molecule has 1 heterocycles. The van der Waals surface area contributed by atoms with Crippen LogP contribution in [0.2, 0.25) is 0 Å². The summed E-state index contributed by atoms with van der Waals surface area (Å²) in [5.41, 5.74) is 0.377. The van der Waals surface area contributed by atoms with E-state index in [9.17, 15) is 54.9 Å². The van der Waals surface area contributed by atoms with Gasteiger partial charge in [0.15, 0.2) is 17.6 Å². The molecule has 5 rings (SSSR count). The van der Waals surface area contributed by atoms with Gasteiger partial charge in [0.1, 0.15) is 41.6 Å². The highest BCUT2D eigenvalue weighted by molar-refractivity contribution is 6.24. The summed E-state index contributed by atoms with van der Waals surface area (Å²) in [4.78, 5) is 58.9. The first-order valence-electron chi connectivity index (χ1n) is 14.3. The van der Waals surface area contributed by atoms with Crippen LogP contribution in [-0.4, -0.2) is 140 Å². The molecule has 0 bridgehead atoms. The fourth-order valence-electron chi connectivity index (χ4n) is 7.14. The van der Waals surface area contributed by atoms with Gasteiger partial charge in [-0.1, -0.05) is 13.0 Å². The molecule has 1 aromatic rings. The number of phenols is 1. The zero-order chi connectivity index (χ0) is 34.2. The standard InChI is InChI=1S/C29H36N4O13/c1-9-10-5-6-11(31-13(35)7-33(45-4)28-21(37)12(34)8-46-28)20(36)15(10)22(38)16-14(9)23(39)18-19(32(2)3)24(40)17(27(30)43)26(42)29(18,44)25(16)41/h5-6,9,12,14,18-19,21,23,28,34,36-39,42,44H,7-8H2,1-4H3,(H2,30,43)(H,31,35)/t9-,12+,14+,18+,19-,21+,23-,28+,29-/m0/s1. The highest BCUT2D eigenvalue weighted by atomic mass is 16.7. The summed E-state index contributed by atoms with van der Waals surface area (Å²) in [7, 11) is 4.04. The third-order valence-corrected chi connectivity index (χ3v) is 9.35. The Labute approximate surface area is 261 Å². The van der Waals surface area contributed by atoms with Crippen LogP contribution in [0.4, 0.5) is 5.69 Å². The van der Waals surface area contributed by atoms with Crippen LogP contribution in [0, 0.1) is 11.8 Å². The fourth-order valence-corrected chi connectivity index (χ4v) is 7.14. The quantitative estimate of drug-likeness (QED) is 0.0831. The van der Waals surface area contributed by atoms with Crippen molar-refractivity contribution < 1.29 is 64.5 Å². The first-order valence-corrected chi connectivity index (χ1v) is 14.3. The number of nitrogens with two attached hydrogens (primary N) is 1. The number of aliphatic hydroxyl groups excluding tert-OH is 5.